The summed E-state index contributed by atoms with van der Waals surface area (Å²) in [5.41, 5.74) is 9.26. The zero-order valence-electron chi connectivity index (χ0n) is 11.6. The number of aromatic nitrogens is 2. The SMILES string of the molecule is COc1ccc(C2CCSCC2)cc1-c1cn[nH]c1N. The van der Waals surface area contributed by atoms with Gasteiger partial charge in [0.2, 0.25) is 0 Å². The molecule has 0 bridgehead atoms. The van der Waals surface area contributed by atoms with Crippen LogP contribution in [0.2, 0.25) is 0 Å². The predicted octanol–water partition coefficient (Wildman–Crippen LogP) is 3.28. The molecule has 106 valence electrons. The molecular weight excluding hydrogens is 270 g/mol. The molecular formula is C15H19N3OS. The zero-order chi connectivity index (χ0) is 13.9. The molecule has 1 aromatic heterocycles. The Kier molecular flexibility index (Phi) is 3.87. The number of aromatic amines is 1. The highest BCUT2D eigenvalue weighted by atomic mass is 32.2. The monoisotopic (exact) mass is 289 g/mol. The molecule has 1 fully saturated rings. The van der Waals surface area contributed by atoms with Crippen LogP contribution in [0.1, 0.15) is 24.3 Å². The summed E-state index contributed by atoms with van der Waals surface area (Å²) < 4.78 is 5.47. The topological polar surface area (TPSA) is 63.9 Å². The highest BCUT2D eigenvalue weighted by Crippen LogP contribution is 2.38. The molecule has 4 nitrogen and oxygen atoms in total. The van der Waals surface area contributed by atoms with Gasteiger partial charge in [0.1, 0.15) is 11.6 Å². The predicted molar refractivity (Wildman–Crippen MR) is 84.3 cm³/mol. The molecule has 1 aromatic carbocycles. The summed E-state index contributed by atoms with van der Waals surface area (Å²) in [6.45, 7) is 0. The first-order chi connectivity index (χ1) is 9.79. The van der Waals surface area contributed by atoms with Crippen LogP contribution in [0.3, 0.4) is 0 Å². The van der Waals surface area contributed by atoms with Crippen molar-refractivity contribution in [2.75, 3.05) is 24.3 Å². The lowest BCUT2D eigenvalue weighted by atomic mass is 9.91. The Bertz CT molecular complexity index is 591. The number of nitrogens with two attached hydrogens (primary N) is 1. The highest BCUT2D eigenvalue weighted by molar-refractivity contribution is 7.99. The van der Waals surface area contributed by atoms with Gasteiger partial charge in [-0.1, -0.05) is 6.07 Å². The Morgan fingerprint density at radius 3 is 2.75 bits per heavy atom. The smallest absolute Gasteiger partial charge is 0.126 e. The summed E-state index contributed by atoms with van der Waals surface area (Å²) in [6, 6.07) is 6.43. The first-order valence-corrected chi connectivity index (χ1v) is 8.00. The average molecular weight is 289 g/mol. The maximum absolute atomic E-state index is 5.95. The van der Waals surface area contributed by atoms with Crippen LogP contribution in [-0.4, -0.2) is 28.8 Å². The van der Waals surface area contributed by atoms with Crippen molar-refractivity contribution < 1.29 is 4.74 Å². The van der Waals surface area contributed by atoms with Crippen molar-refractivity contribution in [1.29, 1.82) is 0 Å². The largest absolute Gasteiger partial charge is 0.496 e. The summed E-state index contributed by atoms with van der Waals surface area (Å²) in [6.07, 6.45) is 4.25. The van der Waals surface area contributed by atoms with E-state index in [9.17, 15) is 0 Å². The lowest BCUT2D eigenvalue weighted by Crippen LogP contribution is -2.08. The fraction of sp³-hybridized carbons (Fsp3) is 0.400. The van der Waals surface area contributed by atoms with E-state index in [-0.39, 0.29) is 0 Å². The average Bonchev–Trinajstić information content (AvgIpc) is 2.93. The van der Waals surface area contributed by atoms with Crippen molar-refractivity contribution in [2.45, 2.75) is 18.8 Å². The maximum Gasteiger partial charge on any atom is 0.126 e. The number of rotatable bonds is 3. The molecule has 0 saturated carbocycles. The number of benzene rings is 1. The maximum atomic E-state index is 5.95. The van der Waals surface area contributed by atoms with E-state index in [1.165, 1.54) is 29.9 Å². The molecule has 0 spiro atoms. The van der Waals surface area contributed by atoms with Crippen molar-refractivity contribution in [3.63, 3.8) is 0 Å². The number of nitrogen functional groups attached to an aromatic ring is 1. The van der Waals surface area contributed by atoms with Gasteiger partial charge in [-0.05, 0) is 48.0 Å². The molecule has 2 aromatic rings. The second-order valence-electron chi connectivity index (χ2n) is 5.04. The fourth-order valence-electron chi connectivity index (χ4n) is 2.73. The standard InChI is InChI=1S/C15H19N3OS/c1-19-14-3-2-11(10-4-6-20-7-5-10)8-12(14)13-9-17-18-15(13)16/h2-3,8-10H,4-7H2,1H3,(H3,16,17,18). The van der Waals surface area contributed by atoms with Gasteiger partial charge in [0, 0.05) is 11.1 Å². The number of ether oxygens (including phenoxy) is 1. The van der Waals surface area contributed by atoms with Crippen molar-refractivity contribution in [3.8, 4) is 16.9 Å². The van der Waals surface area contributed by atoms with Crippen molar-refractivity contribution in [3.05, 3.63) is 30.0 Å². The molecule has 20 heavy (non-hydrogen) atoms. The van der Waals surface area contributed by atoms with Gasteiger partial charge >= 0.3 is 0 Å². The van der Waals surface area contributed by atoms with Crippen LogP contribution in [-0.2, 0) is 0 Å². The number of anilines is 1. The van der Waals surface area contributed by atoms with Crippen LogP contribution in [0.25, 0.3) is 11.1 Å². The number of H-pyrrole nitrogens is 1. The summed E-state index contributed by atoms with van der Waals surface area (Å²) >= 11 is 2.05. The second-order valence-corrected chi connectivity index (χ2v) is 6.27. The third-order valence-electron chi connectivity index (χ3n) is 3.88. The minimum Gasteiger partial charge on any atom is -0.496 e. The van der Waals surface area contributed by atoms with Crippen LogP contribution < -0.4 is 10.5 Å². The molecule has 1 saturated heterocycles. The van der Waals surface area contributed by atoms with E-state index in [2.05, 4.69) is 22.3 Å². The summed E-state index contributed by atoms with van der Waals surface area (Å²) in [5.74, 6) is 4.57. The van der Waals surface area contributed by atoms with Crippen LogP contribution in [0, 0.1) is 0 Å². The lowest BCUT2D eigenvalue weighted by Gasteiger charge is -2.22. The van der Waals surface area contributed by atoms with Gasteiger partial charge in [-0.25, -0.2) is 0 Å². The minimum absolute atomic E-state index is 0.583. The summed E-state index contributed by atoms with van der Waals surface area (Å²) in [4.78, 5) is 0. The fourth-order valence-corrected chi connectivity index (χ4v) is 3.84. The molecule has 0 aliphatic carbocycles. The van der Waals surface area contributed by atoms with E-state index >= 15 is 0 Å². The number of methoxy groups -OCH3 is 1. The quantitative estimate of drug-likeness (QED) is 0.910. The van der Waals surface area contributed by atoms with Gasteiger partial charge in [0.05, 0.1) is 13.3 Å². The van der Waals surface area contributed by atoms with Crippen LogP contribution in [0.15, 0.2) is 24.4 Å². The normalized spacial score (nSPS) is 16.2. The van der Waals surface area contributed by atoms with Crippen LogP contribution in [0.4, 0.5) is 5.82 Å². The Balaban J connectivity index is 2.00. The van der Waals surface area contributed by atoms with E-state index < -0.39 is 0 Å². The van der Waals surface area contributed by atoms with Crippen LogP contribution in [0.5, 0.6) is 5.75 Å². The first-order valence-electron chi connectivity index (χ1n) is 6.84. The first kappa shape index (κ1) is 13.4. The van der Waals surface area contributed by atoms with Gasteiger partial charge < -0.3 is 10.5 Å². The third-order valence-corrected chi connectivity index (χ3v) is 4.92. The second kappa shape index (κ2) is 5.79. The van der Waals surface area contributed by atoms with Gasteiger partial charge in [0.15, 0.2) is 0 Å². The molecule has 3 rings (SSSR count). The van der Waals surface area contributed by atoms with E-state index in [1.54, 1.807) is 13.3 Å². The van der Waals surface area contributed by atoms with Gasteiger partial charge in [-0.2, -0.15) is 16.9 Å². The molecule has 2 heterocycles. The Hall–Kier alpha value is -1.62. The molecule has 3 N–H and O–H groups in total. The molecule has 0 amide bonds. The van der Waals surface area contributed by atoms with Gasteiger partial charge in [-0.3, -0.25) is 5.10 Å². The summed E-state index contributed by atoms with van der Waals surface area (Å²) in [7, 11) is 1.69. The third kappa shape index (κ3) is 2.50. The van der Waals surface area contributed by atoms with Gasteiger partial charge in [-0.15, -0.1) is 0 Å². The highest BCUT2D eigenvalue weighted by Gasteiger charge is 2.18. The summed E-state index contributed by atoms with van der Waals surface area (Å²) in [5, 5.41) is 6.79. The Morgan fingerprint density at radius 2 is 2.10 bits per heavy atom. The molecule has 0 radical (unpaired) electrons. The number of hydrogen-bond acceptors (Lipinski definition) is 4. The van der Waals surface area contributed by atoms with Gasteiger partial charge in [0.25, 0.3) is 0 Å². The molecule has 1 aliphatic rings. The van der Waals surface area contributed by atoms with Crippen molar-refractivity contribution in [1.82, 2.24) is 10.2 Å². The number of nitrogens with one attached hydrogen (secondary N) is 1. The number of thioether (sulfide) groups is 1. The van der Waals surface area contributed by atoms with E-state index in [1.807, 2.05) is 17.8 Å². The number of hydrogen-bond donors (Lipinski definition) is 2. The molecule has 1 aliphatic heterocycles. The molecule has 0 unspecified atom stereocenters. The van der Waals surface area contributed by atoms with E-state index in [0.717, 1.165) is 16.9 Å². The van der Waals surface area contributed by atoms with Crippen LogP contribution >= 0.6 is 11.8 Å². The van der Waals surface area contributed by atoms with Crippen molar-refractivity contribution in [2.24, 2.45) is 0 Å². The molecule has 0 atom stereocenters. The van der Waals surface area contributed by atoms with E-state index in [4.69, 9.17) is 10.5 Å². The Morgan fingerprint density at radius 1 is 1.30 bits per heavy atom. The Labute approximate surface area is 123 Å². The lowest BCUT2D eigenvalue weighted by molar-refractivity contribution is 0.416. The molecule has 5 heteroatoms. The van der Waals surface area contributed by atoms with Crippen molar-refractivity contribution >= 4 is 17.6 Å². The zero-order valence-corrected chi connectivity index (χ0v) is 12.4. The minimum atomic E-state index is 0.583. The van der Waals surface area contributed by atoms with E-state index in [0.29, 0.717) is 11.7 Å². The number of nitrogens with zero attached hydrogens (tertiary/aromatic N) is 1.